The molecular formula is C17H19ClN4O3S. The maximum atomic E-state index is 12.1. The summed E-state index contributed by atoms with van der Waals surface area (Å²) in [5, 5.41) is 11.2. The van der Waals surface area contributed by atoms with E-state index in [1.165, 1.54) is 25.5 Å². The molecule has 26 heavy (non-hydrogen) atoms. The van der Waals surface area contributed by atoms with E-state index in [-0.39, 0.29) is 18.2 Å². The normalized spacial score (nSPS) is 12.0. The zero-order valence-corrected chi connectivity index (χ0v) is 16.4. The Kier molecular flexibility index (Phi) is 7.11. The smallest absolute Gasteiger partial charge is 0.273 e. The van der Waals surface area contributed by atoms with Crippen molar-refractivity contribution < 1.29 is 14.5 Å². The number of carbonyl (C=O) groups excluding carboxylic acids is 1. The van der Waals surface area contributed by atoms with Gasteiger partial charge in [0, 0.05) is 18.2 Å². The van der Waals surface area contributed by atoms with Crippen molar-refractivity contribution in [2.75, 3.05) is 14.2 Å². The summed E-state index contributed by atoms with van der Waals surface area (Å²) in [6, 6.07) is 5.55. The van der Waals surface area contributed by atoms with Crippen molar-refractivity contribution >= 4 is 40.3 Å². The number of aromatic nitrogens is 1. The molecule has 7 nitrogen and oxygen atoms in total. The first-order chi connectivity index (χ1) is 12.5. The molecule has 0 saturated heterocycles. The van der Waals surface area contributed by atoms with Crippen LogP contribution in [0.1, 0.15) is 28.6 Å². The van der Waals surface area contributed by atoms with Gasteiger partial charge in [0.05, 0.1) is 6.20 Å². The molecule has 1 heterocycles. The van der Waals surface area contributed by atoms with Crippen LogP contribution in [0.4, 0.5) is 0 Å². The average molecular weight is 395 g/mol. The number of oxime groups is 2. The SMILES string of the molecule is CNC(=O)/C(=N/OC)c1cccc(C)c1CO/N=C(\C)c1ncc(Cl)s1. The maximum Gasteiger partial charge on any atom is 0.273 e. The van der Waals surface area contributed by atoms with Crippen LogP contribution in [0.2, 0.25) is 4.34 Å². The summed E-state index contributed by atoms with van der Waals surface area (Å²) in [6.07, 6.45) is 1.57. The number of hydrogen-bond acceptors (Lipinski definition) is 7. The highest BCUT2D eigenvalue weighted by molar-refractivity contribution is 7.17. The van der Waals surface area contributed by atoms with Crippen molar-refractivity contribution in [2.45, 2.75) is 20.5 Å². The second-order valence-corrected chi connectivity index (χ2v) is 6.88. The molecule has 0 aliphatic rings. The lowest BCUT2D eigenvalue weighted by atomic mass is 9.98. The third-order valence-corrected chi connectivity index (χ3v) is 4.71. The van der Waals surface area contributed by atoms with Gasteiger partial charge in [0.2, 0.25) is 0 Å². The highest BCUT2D eigenvalue weighted by Crippen LogP contribution is 2.20. The van der Waals surface area contributed by atoms with Gasteiger partial charge in [-0.15, -0.1) is 11.3 Å². The summed E-state index contributed by atoms with van der Waals surface area (Å²) >= 11 is 7.20. The first-order valence-corrected chi connectivity index (χ1v) is 8.87. The molecule has 2 rings (SSSR count). The number of hydrogen-bond donors (Lipinski definition) is 1. The Morgan fingerprint density at radius 3 is 2.77 bits per heavy atom. The van der Waals surface area contributed by atoms with E-state index in [0.29, 0.717) is 20.6 Å². The number of benzene rings is 1. The van der Waals surface area contributed by atoms with Crippen molar-refractivity contribution in [3.63, 3.8) is 0 Å². The van der Waals surface area contributed by atoms with Gasteiger partial charge < -0.3 is 15.0 Å². The summed E-state index contributed by atoms with van der Waals surface area (Å²) < 4.78 is 0.585. The molecular weight excluding hydrogens is 376 g/mol. The van der Waals surface area contributed by atoms with Crippen molar-refractivity contribution in [1.82, 2.24) is 10.3 Å². The standard InChI is InChI=1S/C17H19ClN4O3S/c1-10-6-5-7-12(15(22-24-4)16(23)19-3)13(10)9-25-21-11(2)17-20-8-14(18)26-17/h5-8H,9H2,1-4H3,(H,19,23)/b21-11+,22-15+. The van der Waals surface area contributed by atoms with Gasteiger partial charge in [-0.05, 0) is 19.4 Å². The van der Waals surface area contributed by atoms with E-state index in [9.17, 15) is 4.79 Å². The quantitative estimate of drug-likeness (QED) is 0.577. The lowest BCUT2D eigenvalue weighted by molar-refractivity contribution is -0.114. The lowest BCUT2D eigenvalue weighted by Gasteiger charge is -2.12. The fraction of sp³-hybridized carbons (Fsp3) is 0.294. The van der Waals surface area contributed by atoms with E-state index in [1.807, 2.05) is 19.1 Å². The van der Waals surface area contributed by atoms with E-state index in [4.69, 9.17) is 21.3 Å². The van der Waals surface area contributed by atoms with Crippen LogP contribution in [0.3, 0.4) is 0 Å². The van der Waals surface area contributed by atoms with E-state index in [0.717, 1.165) is 11.1 Å². The number of likely N-dealkylation sites (N-methyl/N-ethyl adjacent to an activating group) is 1. The van der Waals surface area contributed by atoms with Gasteiger partial charge >= 0.3 is 0 Å². The van der Waals surface area contributed by atoms with Crippen LogP contribution in [0, 0.1) is 6.92 Å². The van der Waals surface area contributed by atoms with Crippen LogP contribution >= 0.6 is 22.9 Å². The summed E-state index contributed by atoms with van der Waals surface area (Å²) in [5.41, 5.74) is 3.15. The Balaban J connectivity index is 2.26. The second-order valence-electron chi connectivity index (χ2n) is 5.22. The minimum atomic E-state index is -0.351. The zero-order chi connectivity index (χ0) is 19.1. The fourth-order valence-electron chi connectivity index (χ4n) is 2.19. The molecule has 0 saturated carbocycles. The molecule has 0 spiro atoms. The van der Waals surface area contributed by atoms with Crippen LogP contribution in [-0.4, -0.2) is 36.5 Å². The molecule has 0 aliphatic heterocycles. The third-order valence-electron chi connectivity index (χ3n) is 3.49. The maximum absolute atomic E-state index is 12.1. The molecule has 2 aromatic rings. The number of aryl methyl sites for hydroxylation is 1. The zero-order valence-electron chi connectivity index (χ0n) is 14.9. The number of thiazole rings is 1. The van der Waals surface area contributed by atoms with Gasteiger partial charge in [-0.2, -0.15) is 0 Å². The highest BCUT2D eigenvalue weighted by Gasteiger charge is 2.19. The molecule has 0 atom stereocenters. The Labute approximate surface area is 160 Å². The largest absolute Gasteiger partial charge is 0.398 e. The lowest BCUT2D eigenvalue weighted by Crippen LogP contribution is -2.29. The molecule has 0 fully saturated rings. The monoisotopic (exact) mass is 394 g/mol. The Morgan fingerprint density at radius 2 is 2.15 bits per heavy atom. The van der Waals surface area contributed by atoms with E-state index < -0.39 is 0 Å². The number of carbonyl (C=O) groups is 1. The summed E-state index contributed by atoms with van der Waals surface area (Å²) in [7, 11) is 2.92. The first-order valence-electron chi connectivity index (χ1n) is 7.68. The predicted molar refractivity (Wildman–Crippen MR) is 103 cm³/mol. The molecule has 0 bridgehead atoms. The Bertz CT molecular complexity index is 848. The molecule has 9 heteroatoms. The summed E-state index contributed by atoms with van der Waals surface area (Å²) in [6.45, 7) is 3.88. The van der Waals surface area contributed by atoms with Crippen molar-refractivity contribution in [3.8, 4) is 0 Å². The minimum absolute atomic E-state index is 0.165. The molecule has 1 aromatic carbocycles. The van der Waals surface area contributed by atoms with Crippen LogP contribution in [0.25, 0.3) is 0 Å². The minimum Gasteiger partial charge on any atom is -0.398 e. The third kappa shape index (κ3) is 4.80. The van der Waals surface area contributed by atoms with Crippen LogP contribution in [0.15, 0.2) is 34.7 Å². The molecule has 1 N–H and O–H groups in total. The first kappa shape index (κ1) is 19.9. The molecule has 0 unspecified atom stereocenters. The number of nitrogens with zero attached hydrogens (tertiary/aromatic N) is 3. The van der Waals surface area contributed by atoms with E-state index in [1.54, 1.807) is 19.2 Å². The topological polar surface area (TPSA) is 85.2 Å². The van der Waals surface area contributed by atoms with E-state index >= 15 is 0 Å². The van der Waals surface area contributed by atoms with Crippen molar-refractivity contribution in [3.05, 3.63) is 50.4 Å². The van der Waals surface area contributed by atoms with Crippen LogP contribution in [0.5, 0.6) is 0 Å². The number of amides is 1. The van der Waals surface area contributed by atoms with Crippen molar-refractivity contribution in [2.24, 2.45) is 10.3 Å². The number of halogens is 1. The average Bonchev–Trinajstić information content (AvgIpc) is 3.07. The van der Waals surface area contributed by atoms with E-state index in [2.05, 4.69) is 20.6 Å². The van der Waals surface area contributed by atoms with Crippen molar-refractivity contribution in [1.29, 1.82) is 0 Å². The van der Waals surface area contributed by atoms with Gasteiger partial charge in [0.1, 0.15) is 28.8 Å². The molecule has 138 valence electrons. The van der Waals surface area contributed by atoms with Gasteiger partial charge in [0.25, 0.3) is 5.91 Å². The molecule has 0 aliphatic carbocycles. The summed E-state index contributed by atoms with van der Waals surface area (Å²) in [4.78, 5) is 26.6. The van der Waals surface area contributed by atoms with Crippen LogP contribution < -0.4 is 5.32 Å². The fourth-order valence-corrected chi connectivity index (χ4v) is 3.04. The second kappa shape index (κ2) is 9.30. The van der Waals surface area contributed by atoms with Gasteiger partial charge in [-0.25, -0.2) is 4.98 Å². The predicted octanol–water partition coefficient (Wildman–Crippen LogP) is 3.14. The van der Waals surface area contributed by atoms with Gasteiger partial charge in [0.15, 0.2) is 5.71 Å². The molecule has 0 radical (unpaired) electrons. The Morgan fingerprint density at radius 1 is 1.38 bits per heavy atom. The molecule has 1 aromatic heterocycles. The van der Waals surface area contributed by atoms with Gasteiger partial charge in [-0.3, -0.25) is 4.79 Å². The summed E-state index contributed by atoms with van der Waals surface area (Å²) in [5.74, 6) is -0.351. The Hall–Kier alpha value is -2.45. The van der Waals surface area contributed by atoms with Gasteiger partial charge in [-0.1, -0.05) is 40.1 Å². The highest BCUT2D eigenvalue weighted by atomic mass is 35.5. The number of nitrogens with one attached hydrogen (secondary N) is 1. The van der Waals surface area contributed by atoms with Crippen LogP contribution in [-0.2, 0) is 21.1 Å². The number of rotatable bonds is 7. The molecule has 1 amide bonds.